The van der Waals surface area contributed by atoms with E-state index in [2.05, 4.69) is 0 Å². The van der Waals surface area contributed by atoms with Gasteiger partial charge in [-0.15, -0.1) is 12.4 Å². The summed E-state index contributed by atoms with van der Waals surface area (Å²) >= 11 is 0. The number of carbonyl (C=O) groups is 1. The van der Waals surface area contributed by atoms with E-state index in [4.69, 9.17) is 5.73 Å². The summed E-state index contributed by atoms with van der Waals surface area (Å²) in [5.41, 5.74) is 6.10. The predicted molar refractivity (Wildman–Crippen MR) is 67.6 cm³/mol. The van der Waals surface area contributed by atoms with Gasteiger partial charge in [-0.05, 0) is 31.6 Å². The summed E-state index contributed by atoms with van der Waals surface area (Å²) in [6.45, 7) is 3.68. The maximum atomic E-state index is 11.8. The lowest BCUT2D eigenvalue weighted by atomic mass is 9.73. The third-order valence-corrected chi connectivity index (χ3v) is 4.05. The van der Waals surface area contributed by atoms with Gasteiger partial charge in [-0.1, -0.05) is 19.3 Å². The largest absolute Gasteiger partial charge is 0.341 e. The molecule has 1 aliphatic heterocycles. The van der Waals surface area contributed by atoms with E-state index in [9.17, 15) is 4.79 Å². The molecule has 2 aliphatic rings. The molecule has 2 rings (SSSR count). The summed E-state index contributed by atoms with van der Waals surface area (Å²) in [6.07, 6.45) is 7.90. The molecule has 1 saturated carbocycles. The van der Waals surface area contributed by atoms with E-state index in [1.807, 2.05) is 4.90 Å². The average Bonchev–Trinajstić information content (AvgIpc) is 2.62. The zero-order chi connectivity index (χ0) is 10.9. The lowest BCUT2D eigenvalue weighted by Gasteiger charge is -2.33. The number of nitrogens with two attached hydrogens (primary N) is 1. The van der Waals surface area contributed by atoms with Gasteiger partial charge in [0, 0.05) is 13.1 Å². The Morgan fingerprint density at radius 1 is 1.25 bits per heavy atom. The van der Waals surface area contributed by atoms with Crippen molar-refractivity contribution in [3.05, 3.63) is 0 Å². The summed E-state index contributed by atoms with van der Waals surface area (Å²) < 4.78 is 0. The van der Waals surface area contributed by atoms with Gasteiger partial charge in [0.25, 0.3) is 0 Å². The number of rotatable bonds is 1. The van der Waals surface area contributed by atoms with Crippen molar-refractivity contribution in [1.29, 1.82) is 0 Å². The number of halogens is 1. The molecule has 1 spiro atoms. The van der Waals surface area contributed by atoms with Crippen molar-refractivity contribution in [1.82, 2.24) is 4.90 Å². The van der Waals surface area contributed by atoms with Gasteiger partial charge >= 0.3 is 0 Å². The lowest BCUT2D eigenvalue weighted by Crippen LogP contribution is -2.42. The molecule has 0 unspecified atom stereocenters. The van der Waals surface area contributed by atoms with Crippen LogP contribution < -0.4 is 5.73 Å². The van der Waals surface area contributed by atoms with Crippen molar-refractivity contribution >= 4 is 18.3 Å². The van der Waals surface area contributed by atoms with E-state index in [1.165, 1.54) is 38.5 Å². The second-order valence-electron chi connectivity index (χ2n) is 5.36. The first-order valence-electron chi connectivity index (χ1n) is 6.17. The Kier molecular flexibility index (Phi) is 4.62. The van der Waals surface area contributed by atoms with Crippen LogP contribution in [0.25, 0.3) is 0 Å². The molecule has 1 atom stereocenters. The molecule has 1 saturated heterocycles. The van der Waals surface area contributed by atoms with E-state index in [0.29, 0.717) is 5.41 Å². The van der Waals surface area contributed by atoms with Crippen LogP contribution in [0.5, 0.6) is 0 Å². The molecular formula is C12H23ClN2O. The molecule has 2 fully saturated rings. The standard InChI is InChI=1S/C12H22N2O.ClH/c1-10(13)11(15)14-8-7-12(9-14)5-3-2-4-6-12;/h10H,2-9,13H2,1H3;1H/t10-;/m0./s1. The molecule has 0 radical (unpaired) electrons. The van der Waals surface area contributed by atoms with Crippen molar-refractivity contribution in [3.63, 3.8) is 0 Å². The summed E-state index contributed by atoms with van der Waals surface area (Å²) in [5, 5.41) is 0. The van der Waals surface area contributed by atoms with Crippen LogP contribution in [0.3, 0.4) is 0 Å². The number of likely N-dealkylation sites (tertiary alicyclic amines) is 1. The van der Waals surface area contributed by atoms with E-state index in [0.717, 1.165) is 13.1 Å². The molecule has 2 N–H and O–H groups in total. The molecule has 4 heteroatoms. The number of amides is 1. The third-order valence-electron chi connectivity index (χ3n) is 4.05. The highest BCUT2D eigenvalue weighted by molar-refractivity contribution is 5.85. The Labute approximate surface area is 104 Å². The number of carbonyl (C=O) groups excluding carboxylic acids is 1. The van der Waals surface area contributed by atoms with Crippen LogP contribution in [-0.4, -0.2) is 29.9 Å². The number of hydrogen-bond donors (Lipinski definition) is 1. The molecule has 0 aromatic rings. The van der Waals surface area contributed by atoms with Gasteiger partial charge in [0.1, 0.15) is 0 Å². The monoisotopic (exact) mass is 246 g/mol. The minimum absolute atomic E-state index is 0. The Hall–Kier alpha value is -0.280. The van der Waals surface area contributed by atoms with Gasteiger partial charge < -0.3 is 10.6 Å². The Bertz CT molecular complexity index is 249. The van der Waals surface area contributed by atoms with Crippen LogP contribution in [0.2, 0.25) is 0 Å². The lowest BCUT2D eigenvalue weighted by molar-refractivity contribution is -0.131. The summed E-state index contributed by atoms with van der Waals surface area (Å²) in [7, 11) is 0. The van der Waals surface area contributed by atoms with Crippen LogP contribution in [0, 0.1) is 5.41 Å². The van der Waals surface area contributed by atoms with Gasteiger partial charge in [0.05, 0.1) is 6.04 Å². The quantitative estimate of drug-likeness (QED) is 0.769. The minimum Gasteiger partial charge on any atom is -0.341 e. The molecular weight excluding hydrogens is 224 g/mol. The highest BCUT2D eigenvalue weighted by Crippen LogP contribution is 2.43. The van der Waals surface area contributed by atoms with Gasteiger partial charge in [-0.2, -0.15) is 0 Å². The Morgan fingerprint density at radius 2 is 1.88 bits per heavy atom. The van der Waals surface area contributed by atoms with Gasteiger partial charge in [-0.3, -0.25) is 4.79 Å². The van der Waals surface area contributed by atoms with Gasteiger partial charge in [0.15, 0.2) is 0 Å². The molecule has 0 aromatic heterocycles. The maximum absolute atomic E-state index is 11.8. The first-order chi connectivity index (χ1) is 7.13. The Balaban J connectivity index is 0.00000128. The van der Waals surface area contributed by atoms with Crippen molar-refractivity contribution in [3.8, 4) is 0 Å². The summed E-state index contributed by atoms with van der Waals surface area (Å²) in [5.74, 6) is 0.137. The molecule has 94 valence electrons. The van der Waals surface area contributed by atoms with Gasteiger partial charge in [0.2, 0.25) is 5.91 Å². The average molecular weight is 247 g/mol. The molecule has 3 nitrogen and oxygen atoms in total. The summed E-state index contributed by atoms with van der Waals surface area (Å²) in [6, 6.07) is -0.330. The molecule has 0 bridgehead atoms. The van der Waals surface area contributed by atoms with Crippen LogP contribution in [-0.2, 0) is 4.79 Å². The van der Waals surface area contributed by atoms with Crippen LogP contribution >= 0.6 is 12.4 Å². The normalized spacial score (nSPS) is 25.2. The maximum Gasteiger partial charge on any atom is 0.239 e. The number of nitrogens with zero attached hydrogens (tertiary/aromatic N) is 1. The van der Waals surface area contributed by atoms with Gasteiger partial charge in [-0.25, -0.2) is 0 Å². The second-order valence-corrected chi connectivity index (χ2v) is 5.36. The highest BCUT2D eigenvalue weighted by atomic mass is 35.5. The van der Waals surface area contributed by atoms with E-state index in [-0.39, 0.29) is 24.4 Å². The first-order valence-corrected chi connectivity index (χ1v) is 6.17. The molecule has 1 amide bonds. The zero-order valence-corrected chi connectivity index (χ0v) is 10.9. The van der Waals surface area contributed by atoms with Crippen LogP contribution in [0.4, 0.5) is 0 Å². The van der Waals surface area contributed by atoms with Crippen LogP contribution in [0.1, 0.15) is 45.4 Å². The van der Waals surface area contributed by atoms with E-state index in [1.54, 1.807) is 6.92 Å². The van der Waals surface area contributed by atoms with Crippen molar-refractivity contribution in [2.75, 3.05) is 13.1 Å². The topological polar surface area (TPSA) is 46.3 Å². The fourth-order valence-electron chi connectivity index (χ4n) is 3.12. The molecule has 1 aliphatic carbocycles. The summed E-state index contributed by atoms with van der Waals surface area (Å²) in [4.78, 5) is 13.8. The van der Waals surface area contributed by atoms with Crippen molar-refractivity contribution < 1.29 is 4.79 Å². The van der Waals surface area contributed by atoms with E-state index < -0.39 is 0 Å². The predicted octanol–water partition coefficient (Wildman–Crippen LogP) is 1.94. The van der Waals surface area contributed by atoms with Crippen molar-refractivity contribution in [2.24, 2.45) is 11.1 Å². The SMILES string of the molecule is C[C@H](N)C(=O)N1CCC2(CCCCC2)C1.Cl. The van der Waals surface area contributed by atoms with Crippen molar-refractivity contribution in [2.45, 2.75) is 51.5 Å². The first kappa shape index (κ1) is 13.8. The smallest absolute Gasteiger partial charge is 0.239 e. The number of hydrogen-bond acceptors (Lipinski definition) is 2. The highest BCUT2D eigenvalue weighted by Gasteiger charge is 2.40. The molecule has 16 heavy (non-hydrogen) atoms. The fraction of sp³-hybridized carbons (Fsp3) is 0.917. The molecule has 0 aromatic carbocycles. The minimum atomic E-state index is -0.330. The fourth-order valence-corrected chi connectivity index (χ4v) is 3.12. The van der Waals surface area contributed by atoms with E-state index >= 15 is 0 Å². The molecule has 1 heterocycles. The zero-order valence-electron chi connectivity index (χ0n) is 10.1. The second kappa shape index (κ2) is 5.37. The van der Waals surface area contributed by atoms with Crippen LogP contribution in [0.15, 0.2) is 0 Å². The Morgan fingerprint density at radius 3 is 2.44 bits per heavy atom. The third kappa shape index (κ3) is 2.69.